The Morgan fingerprint density at radius 2 is 2.21 bits per heavy atom. The van der Waals surface area contributed by atoms with Crippen LogP contribution in [0.3, 0.4) is 0 Å². The third-order valence-corrected chi connectivity index (χ3v) is 3.90. The fraction of sp³-hybridized carbons (Fsp3) is 0.0667. The summed E-state index contributed by atoms with van der Waals surface area (Å²) in [5, 5.41) is 5.24. The largest absolute Gasteiger partial charge is 0.344 e. The zero-order chi connectivity index (χ0) is 13.7. The van der Waals surface area contributed by atoms with Crippen molar-refractivity contribution in [1.82, 2.24) is 0 Å². The highest BCUT2D eigenvalue weighted by Crippen LogP contribution is 2.30. The highest BCUT2D eigenvalue weighted by atomic mass is 32.1. The molecule has 96 valence electrons. The predicted octanol–water partition coefficient (Wildman–Crippen LogP) is 4.90. The number of thiophene rings is 1. The molecule has 2 aromatic rings. The Morgan fingerprint density at radius 3 is 2.84 bits per heavy atom. The molecule has 0 bridgehead atoms. The van der Waals surface area contributed by atoms with Gasteiger partial charge in [-0.1, -0.05) is 42.6 Å². The Hall–Kier alpha value is -1.78. The first kappa shape index (κ1) is 13.6. The molecule has 0 aliphatic carbocycles. The van der Waals surface area contributed by atoms with Crippen molar-refractivity contribution in [2.45, 2.75) is 6.92 Å². The summed E-state index contributed by atoms with van der Waals surface area (Å²) in [4.78, 5) is 5.85. The molecule has 0 aliphatic rings. The Balaban J connectivity index is 2.32. The molecule has 0 spiro atoms. The van der Waals surface area contributed by atoms with Gasteiger partial charge in [-0.3, -0.25) is 4.99 Å². The monoisotopic (exact) mass is 286 g/mol. The van der Waals surface area contributed by atoms with Crippen LogP contribution in [-0.2, 0) is 0 Å². The Labute approximate surface area is 122 Å². The Morgan fingerprint density at radius 1 is 1.37 bits per heavy atom. The van der Waals surface area contributed by atoms with Crippen LogP contribution in [0.1, 0.15) is 17.4 Å². The Bertz CT molecular complexity index is 613. The van der Waals surface area contributed by atoms with E-state index in [0.29, 0.717) is 4.99 Å². The van der Waals surface area contributed by atoms with Crippen LogP contribution in [0, 0.1) is 0 Å². The maximum atomic E-state index is 5.39. The first-order chi connectivity index (χ1) is 9.26. The van der Waals surface area contributed by atoms with Crippen LogP contribution >= 0.6 is 23.6 Å². The van der Waals surface area contributed by atoms with Crippen molar-refractivity contribution >= 4 is 52.7 Å². The second kappa shape index (κ2) is 6.41. The number of hydrogen-bond acceptors (Lipinski definition) is 3. The van der Waals surface area contributed by atoms with Gasteiger partial charge in [0, 0.05) is 5.56 Å². The number of nitrogens with one attached hydrogen (secondary N) is 1. The standard InChI is InChI=1S/C15H14N2S2/c1-3-6-11-7-4-8-12(14(11)16-2)17-15(18)13-9-5-10-19-13/h3-10H,2H2,1H3,(H,17,18)/b6-3-. The average Bonchev–Trinajstić information content (AvgIpc) is 2.93. The van der Waals surface area contributed by atoms with Crippen LogP contribution in [0.15, 0.2) is 46.8 Å². The third kappa shape index (κ3) is 3.16. The maximum Gasteiger partial charge on any atom is 0.121 e. The summed E-state index contributed by atoms with van der Waals surface area (Å²) in [6, 6.07) is 9.91. The highest BCUT2D eigenvalue weighted by Gasteiger charge is 2.08. The number of aliphatic imine (C=N–C) groups is 1. The molecule has 0 amide bonds. The summed E-state index contributed by atoms with van der Waals surface area (Å²) < 4.78 is 0. The van der Waals surface area contributed by atoms with Gasteiger partial charge < -0.3 is 5.32 Å². The van der Waals surface area contributed by atoms with Crippen molar-refractivity contribution in [3.05, 3.63) is 52.2 Å². The smallest absolute Gasteiger partial charge is 0.121 e. The predicted molar refractivity (Wildman–Crippen MR) is 90.0 cm³/mol. The van der Waals surface area contributed by atoms with E-state index < -0.39 is 0 Å². The molecular formula is C15H14N2S2. The second-order valence-electron chi connectivity index (χ2n) is 3.83. The molecule has 0 saturated heterocycles. The van der Waals surface area contributed by atoms with E-state index in [1.165, 1.54) is 0 Å². The number of allylic oxidation sites excluding steroid dienone is 1. The van der Waals surface area contributed by atoms with E-state index in [2.05, 4.69) is 17.0 Å². The zero-order valence-electron chi connectivity index (χ0n) is 10.6. The van der Waals surface area contributed by atoms with Crippen LogP contribution in [-0.4, -0.2) is 11.7 Å². The summed E-state index contributed by atoms with van der Waals surface area (Å²) in [6.45, 7) is 5.62. The quantitative estimate of drug-likeness (QED) is 0.638. The van der Waals surface area contributed by atoms with Crippen molar-refractivity contribution in [2.24, 2.45) is 4.99 Å². The second-order valence-corrected chi connectivity index (χ2v) is 5.19. The fourth-order valence-corrected chi connectivity index (χ4v) is 2.69. The summed E-state index contributed by atoms with van der Waals surface area (Å²) in [5.41, 5.74) is 2.72. The lowest BCUT2D eigenvalue weighted by atomic mass is 10.1. The molecule has 1 N–H and O–H groups in total. The third-order valence-electron chi connectivity index (χ3n) is 2.56. The molecule has 1 aromatic heterocycles. The van der Waals surface area contributed by atoms with Gasteiger partial charge in [0.2, 0.25) is 0 Å². The first-order valence-electron chi connectivity index (χ1n) is 5.83. The molecule has 1 aromatic carbocycles. The van der Waals surface area contributed by atoms with Crippen LogP contribution in [0.4, 0.5) is 11.4 Å². The van der Waals surface area contributed by atoms with Gasteiger partial charge in [-0.25, -0.2) is 0 Å². The lowest BCUT2D eigenvalue weighted by Crippen LogP contribution is -2.08. The van der Waals surface area contributed by atoms with E-state index in [9.17, 15) is 0 Å². The molecule has 4 heteroatoms. The van der Waals surface area contributed by atoms with Gasteiger partial charge in [-0.2, -0.15) is 0 Å². The van der Waals surface area contributed by atoms with Crippen LogP contribution in [0.2, 0.25) is 0 Å². The van der Waals surface area contributed by atoms with Gasteiger partial charge in [0.05, 0.1) is 16.3 Å². The van der Waals surface area contributed by atoms with Gasteiger partial charge in [-0.05, 0) is 31.2 Å². The van der Waals surface area contributed by atoms with E-state index in [-0.39, 0.29) is 0 Å². The summed E-state index contributed by atoms with van der Waals surface area (Å²) in [6.07, 6.45) is 3.98. The minimum Gasteiger partial charge on any atom is -0.344 e. The number of hydrogen-bond donors (Lipinski definition) is 1. The summed E-state index contributed by atoms with van der Waals surface area (Å²) in [7, 11) is 0. The summed E-state index contributed by atoms with van der Waals surface area (Å²) >= 11 is 7.01. The number of rotatable bonds is 4. The molecule has 19 heavy (non-hydrogen) atoms. The normalized spacial score (nSPS) is 10.6. The molecule has 2 rings (SSSR count). The molecule has 0 saturated carbocycles. The van der Waals surface area contributed by atoms with E-state index in [4.69, 9.17) is 12.2 Å². The molecule has 1 heterocycles. The highest BCUT2D eigenvalue weighted by molar-refractivity contribution is 7.81. The van der Waals surface area contributed by atoms with E-state index in [1.807, 2.05) is 54.8 Å². The number of para-hydroxylation sites is 1. The SMILES string of the molecule is C=Nc1c(/C=C\C)cccc1NC(=S)c1cccs1. The van der Waals surface area contributed by atoms with Crippen molar-refractivity contribution in [1.29, 1.82) is 0 Å². The summed E-state index contributed by atoms with van der Waals surface area (Å²) in [5.74, 6) is 0. The lowest BCUT2D eigenvalue weighted by molar-refractivity contribution is 1.50. The number of benzene rings is 1. The van der Waals surface area contributed by atoms with Crippen molar-refractivity contribution < 1.29 is 0 Å². The van der Waals surface area contributed by atoms with Crippen molar-refractivity contribution in [3.63, 3.8) is 0 Å². The van der Waals surface area contributed by atoms with E-state index in [0.717, 1.165) is 21.8 Å². The molecular weight excluding hydrogens is 272 g/mol. The van der Waals surface area contributed by atoms with Crippen LogP contribution in [0.25, 0.3) is 6.08 Å². The van der Waals surface area contributed by atoms with Gasteiger partial charge >= 0.3 is 0 Å². The maximum absolute atomic E-state index is 5.39. The van der Waals surface area contributed by atoms with Gasteiger partial charge in [0.15, 0.2) is 0 Å². The van der Waals surface area contributed by atoms with Gasteiger partial charge in [0.1, 0.15) is 4.99 Å². The molecule has 0 radical (unpaired) electrons. The number of thiocarbonyl (C=S) groups is 1. The molecule has 2 nitrogen and oxygen atoms in total. The van der Waals surface area contributed by atoms with Crippen molar-refractivity contribution in [3.8, 4) is 0 Å². The minimum atomic E-state index is 0.706. The molecule has 0 unspecified atom stereocenters. The van der Waals surface area contributed by atoms with E-state index in [1.54, 1.807) is 11.3 Å². The first-order valence-corrected chi connectivity index (χ1v) is 7.12. The van der Waals surface area contributed by atoms with Crippen molar-refractivity contribution in [2.75, 3.05) is 5.32 Å². The van der Waals surface area contributed by atoms with E-state index >= 15 is 0 Å². The van der Waals surface area contributed by atoms with Crippen LogP contribution < -0.4 is 5.32 Å². The molecule has 0 fully saturated rings. The number of anilines is 1. The molecule has 0 aliphatic heterocycles. The lowest BCUT2D eigenvalue weighted by Gasteiger charge is -2.11. The van der Waals surface area contributed by atoms with Gasteiger partial charge in [-0.15, -0.1) is 11.3 Å². The zero-order valence-corrected chi connectivity index (χ0v) is 12.2. The minimum absolute atomic E-state index is 0.706. The Kier molecular flexibility index (Phi) is 4.60. The van der Waals surface area contributed by atoms with Crippen LogP contribution in [0.5, 0.6) is 0 Å². The fourth-order valence-electron chi connectivity index (χ4n) is 1.74. The average molecular weight is 286 g/mol. The topological polar surface area (TPSA) is 24.4 Å². The van der Waals surface area contributed by atoms with Gasteiger partial charge in [0.25, 0.3) is 0 Å². The molecule has 0 atom stereocenters. The number of nitrogens with zero attached hydrogens (tertiary/aromatic N) is 1.